The zero-order chi connectivity index (χ0) is 19.6. The lowest BCUT2D eigenvalue weighted by Gasteiger charge is -2.25. The number of aliphatic hydroxyl groups is 1. The first-order valence-corrected chi connectivity index (χ1v) is 9.36. The van der Waals surface area contributed by atoms with Gasteiger partial charge >= 0.3 is 0 Å². The zero-order valence-corrected chi connectivity index (χ0v) is 16.0. The van der Waals surface area contributed by atoms with Gasteiger partial charge in [-0.2, -0.15) is 0 Å². The molecule has 4 heteroatoms. The number of hydrogen-bond donors (Lipinski definition) is 1. The zero-order valence-electron chi connectivity index (χ0n) is 16.0. The van der Waals surface area contributed by atoms with E-state index in [4.69, 9.17) is 0 Å². The Morgan fingerprint density at radius 1 is 1.04 bits per heavy atom. The Morgan fingerprint density at radius 2 is 1.74 bits per heavy atom. The van der Waals surface area contributed by atoms with E-state index in [0.717, 1.165) is 29.5 Å². The van der Waals surface area contributed by atoms with Crippen LogP contribution in [0.15, 0.2) is 54.1 Å². The van der Waals surface area contributed by atoms with Crippen LogP contribution in [-0.2, 0) is 9.59 Å². The number of likely N-dealkylation sites (tertiary alicyclic amines) is 1. The normalized spacial score (nSPS) is 18.9. The van der Waals surface area contributed by atoms with Gasteiger partial charge in [0.25, 0.3) is 11.7 Å². The second kappa shape index (κ2) is 7.78. The summed E-state index contributed by atoms with van der Waals surface area (Å²) in [6, 6.07) is 14.4. The highest BCUT2D eigenvalue weighted by Crippen LogP contribution is 2.39. The molecule has 1 N–H and O–H groups in total. The average Bonchev–Trinajstić information content (AvgIpc) is 2.93. The fraction of sp³-hybridized carbons (Fsp3) is 0.304. The highest BCUT2D eigenvalue weighted by atomic mass is 16.3. The van der Waals surface area contributed by atoms with Gasteiger partial charge in [0.15, 0.2) is 0 Å². The summed E-state index contributed by atoms with van der Waals surface area (Å²) in [4.78, 5) is 27.1. The van der Waals surface area contributed by atoms with Crippen molar-refractivity contribution < 1.29 is 14.7 Å². The van der Waals surface area contributed by atoms with Crippen molar-refractivity contribution >= 4 is 17.4 Å². The topological polar surface area (TPSA) is 57.6 Å². The predicted molar refractivity (Wildman–Crippen MR) is 106 cm³/mol. The van der Waals surface area contributed by atoms with Crippen molar-refractivity contribution in [3.63, 3.8) is 0 Å². The van der Waals surface area contributed by atoms with Crippen molar-refractivity contribution in [1.29, 1.82) is 0 Å². The molecule has 0 aromatic heterocycles. The number of hydrogen-bond acceptors (Lipinski definition) is 3. The lowest BCUT2D eigenvalue weighted by Crippen LogP contribution is -2.30. The first kappa shape index (κ1) is 18.9. The molecule has 1 saturated heterocycles. The molecule has 1 atom stereocenters. The van der Waals surface area contributed by atoms with Crippen LogP contribution in [0.1, 0.15) is 48.1 Å². The van der Waals surface area contributed by atoms with E-state index < -0.39 is 17.7 Å². The van der Waals surface area contributed by atoms with Crippen LogP contribution in [0, 0.1) is 13.8 Å². The first-order chi connectivity index (χ1) is 13.0. The van der Waals surface area contributed by atoms with Crippen molar-refractivity contribution in [3.05, 3.63) is 76.4 Å². The summed E-state index contributed by atoms with van der Waals surface area (Å²) in [6.07, 6.45) is 1.72. The van der Waals surface area contributed by atoms with Crippen molar-refractivity contribution in [2.24, 2.45) is 0 Å². The number of aryl methyl sites for hydroxylation is 2. The van der Waals surface area contributed by atoms with Gasteiger partial charge in [0.2, 0.25) is 0 Å². The molecule has 1 heterocycles. The molecule has 1 amide bonds. The van der Waals surface area contributed by atoms with Crippen LogP contribution in [-0.4, -0.2) is 28.2 Å². The number of benzene rings is 2. The molecular weight excluding hydrogens is 338 g/mol. The smallest absolute Gasteiger partial charge is 0.295 e. The van der Waals surface area contributed by atoms with E-state index in [-0.39, 0.29) is 11.3 Å². The van der Waals surface area contributed by atoms with E-state index >= 15 is 0 Å². The van der Waals surface area contributed by atoms with Crippen LogP contribution >= 0.6 is 0 Å². The van der Waals surface area contributed by atoms with Gasteiger partial charge in [-0.3, -0.25) is 9.59 Å². The summed E-state index contributed by atoms with van der Waals surface area (Å²) in [5.74, 6) is -1.26. The van der Waals surface area contributed by atoms with Crippen molar-refractivity contribution in [3.8, 4) is 0 Å². The van der Waals surface area contributed by atoms with E-state index in [1.807, 2.05) is 63.2 Å². The van der Waals surface area contributed by atoms with Crippen LogP contribution in [0.4, 0.5) is 0 Å². The van der Waals surface area contributed by atoms with Crippen LogP contribution < -0.4 is 0 Å². The number of carbonyl (C=O) groups is 2. The lowest BCUT2D eigenvalue weighted by molar-refractivity contribution is -0.139. The maximum absolute atomic E-state index is 12.8. The minimum absolute atomic E-state index is 0.107. The standard InChI is InChI=1S/C23H25NO3/c1-4-5-13-24-20(17-9-7-6-8-10-17)19(22(26)23(24)27)21(25)18-12-11-15(2)16(3)14-18/h6-12,14,20,25H,4-5,13H2,1-3H3/b21-19-. The molecule has 0 bridgehead atoms. The number of aliphatic hydroxyl groups excluding tert-OH is 1. The largest absolute Gasteiger partial charge is 0.507 e. The third-order valence-electron chi connectivity index (χ3n) is 5.19. The number of amides is 1. The van der Waals surface area contributed by atoms with E-state index in [2.05, 4.69) is 0 Å². The Hall–Kier alpha value is -2.88. The summed E-state index contributed by atoms with van der Waals surface area (Å²) in [5, 5.41) is 11.0. The van der Waals surface area contributed by atoms with Crippen LogP contribution in [0.3, 0.4) is 0 Å². The molecule has 1 aliphatic heterocycles. The van der Waals surface area contributed by atoms with Crippen LogP contribution in [0.25, 0.3) is 5.76 Å². The number of Topliss-reactive ketones (excluding diaryl/α,β-unsaturated/α-hetero) is 1. The molecule has 0 spiro atoms. The first-order valence-electron chi connectivity index (χ1n) is 9.36. The average molecular weight is 363 g/mol. The van der Waals surface area contributed by atoms with Gasteiger partial charge in [-0.15, -0.1) is 0 Å². The Bertz CT molecular complexity index is 899. The van der Waals surface area contributed by atoms with E-state index in [1.54, 1.807) is 11.0 Å². The monoisotopic (exact) mass is 363 g/mol. The van der Waals surface area contributed by atoms with Gasteiger partial charge in [-0.1, -0.05) is 55.8 Å². The Labute approximate surface area is 160 Å². The van der Waals surface area contributed by atoms with Gasteiger partial charge < -0.3 is 10.0 Å². The maximum Gasteiger partial charge on any atom is 0.295 e. The summed E-state index contributed by atoms with van der Waals surface area (Å²) >= 11 is 0. The fourth-order valence-corrected chi connectivity index (χ4v) is 3.47. The summed E-state index contributed by atoms with van der Waals surface area (Å²) in [6.45, 7) is 6.49. The molecule has 140 valence electrons. The SMILES string of the molecule is CCCCN1C(=O)C(=O)/C(=C(\O)c2ccc(C)c(C)c2)C1c1ccccc1. The highest BCUT2D eigenvalue weighted by Gasteiger charge is 2.45. The molecule has 0 radical (unpaired) electrons. The van der Waals surface area contributed by atoms with Crippen LogP contribution in [0.5, 0.6) is 0 Å². The third-order valence-corrected chi connectivity index (χ3v) is 5.19. The number of carbonyl (C=O) groups excluding carboxylic acids is 2. The van der Waals surface area contributed by atoms with Gasteiger partial charge in [0.05, 0.1) is 11.6 Å². The number of rotatable bonds is 5. The molecule has 1 fully saturated rings. The maximum atomic E-state index is 12.8. The Kier molecular flexibility index (Phi) is 5.45. The molecule has 0 aliphatic carbocycles. The fourth-order valence-electron chi connectivity index (χ4n) is 3.47. The second-order valence-electron chi connectivity index (χ2n) is 7.06. The van der Waals surface area contributed by atoms with Gasteiger partial charge in [0, 0.05) is 12.1 Å². The lowest BCUT2D eigenvalue weighted by atomic mass is 9.94. The van der Waals surface area contributed by atoms with Gasteiger partial charge in [-0.05, 0) is 43.0 Å². The minimum Gasteiger partial charge on any atom is -0.507 e. The van der Waals surface area contributed by atoms with Crippen molar-refractivity contribution in [2.75, 3.05) is 6.54 Å². The molecule has 2 aromatic carbocycles. The Morgan fingerprint density at radius 3 is 2.37 bits per heavy atom. The molecule has 27 heavy (non-hydrogen) atoms. The molecular formula is C23H25NO3. The molecule has 4 nitrogen and oxygen atoms in total. The minimum atomic E-state index is -0.615. The van der Waals surface area contributed by atoms with Crippen LogP contribution in [0.2, 0.25) is 0 Å². The van der Waals surface area contributed by atoms with E-state index in [9.17, 15) is 14.7 Å². The van der Waals surface area contributed by atoms with Crippen molar-refractivity contribution in [1.82, 2.24) is 4.90 Å². The van der Waals surface area contributed by atoms with Crippen molar-refractivity contribution in [2.45, 2.75) is 39.7 Å². The number of unbranched alkanes of at least 4 members (excludes halogenated alkanes) is 1. The Balaban J connectivity index is 2.16. The number of ketones is 1. The third kappa shape index (κ3) is 3.52. The second-order valence-corrected chi connectivity index (χ2v) is 7.06. The summed E-state index contributed by atoms with van der Waals surface area (Å²) in [7, 11) is 0. The molecule has 0 saturated carbocycles. The highest BCUT2D eigenvalue weighted by molar-refractivity contribution is 6.46. The van der Waals surface area contributed by atoms with Gasteiger partial charge in [0.1, 0.15) is 5.76 Å². The molecule has 1 unspecified atom stereocenters. The molecule has 2 aromatic rings. The van der Waals surface area contributed by atoms with E-state index in [0.29, 0.717) is 12.1 Å². The summed E-state index contributed by atoms with van der Waals surface area (Å²) < 4.78 is 0. The number of nitrogens with zero attached hydrogens (tertiary/aromatic N) is 1. The molecule has 1 aliphatic rings. The molecule has 3 rings (SSSR count). The van der Waals surface area contributed by atoms with E-state index in [1.165, 1.54) is 0 Å². The summed E-state index contributed by atoms with van der Waals surface area (Å²) in [5.41, 5.74) is 3.70. The predicted octanol–water partition coefficient (Wildman–Crippen LogP) is 4.53. The quantitative estimate of drug-likeness (QED) is 0.482. The van der Waals surface area contributed by atoms with Gasteiger partial charge in [-0.25, -0.2) is 0 Å².